The number of nitrogens with zero attached hydrogens (tertiary/aromatic N) is 1. The lowest BCUT2D eigenvalue weighted by molar-refractivity contribution is 0.0944. The molecule has 1 heterocycles. The first-order chi connectivity index (χ1) is 15.1. The number of hydrogen-bond acceptors (Lipinski definition) is 4. The van der Waals surface area contributed by atoms with Gasteiger partial charge in [0.05, 0.1) is 12.7 Å². The molecule has 1 fully saturated rings. The third kappa shape index (κ3) is 5.48. The Balaban J connectivity index is 1.35. The van der Waals surface area contributed by atoms with Crippen molar-refractivity contribution in [2.45, 2.75) is 25.3 Å². The van der Waals surface area contributed by atoms with Gasteiger partial charge in [0.15, 0.2) is 0 Å². The van der Waals surface area contributed by atoms with E-state index in [1.165, 1.54) is 0 Å². The molecule has 3 aromatic rings. The van der Waals surface area contributed by atoms with E-state index < -0.39 is 0 Å². The van der Waals surface area contributed by atoms with Crippen LogP contribution in [0.1, 0.15) is 39.1 Å². The van der Waals surface area contributed by atoms with Crippen LogP contribution >= 0.6 is 0 Å². The molecule has 0 spiro atoms. The van der Waals surface area contributed by atoms with Gasteiger partial charge in [-0.3, -0.25) is 14.6 Å². The number of pyridine rings is 1. The molecule has 6 nitrogen and oxygen atoms in total. The Morgan fingerprint density at radius 1 is 0.935 bits per heavy atom. The van der Waals surface area contributed by atoms with E-state index in [2.05, 4.69) is 15.6 Å². The highest BCUT2D eigenvalue weighted by Crippen LogP contribution is 2.22. The maximum atomic E-state index is 12.5. The first kappa shape index (κ1) is 20.6. The molecule has 4 rings (SSSR count). The van der Waals surface area contributed by atoms with Crippen LogP contribution in [0.4, 0.5) is 0 Å². The second-order valence-corrected chi connectivity index (χ2v) is 7.64. The zero-order valence-electron chi connectivity index (χ0n) is 17.4. The van der Waals surface area contributed by atoms with Crippen molar-refractivity contribution >= 4 is 11.8 Å². The van der Waals surface area contributed by atoms with Gasteiger partial charge < -0.3 is 15.4 Å². The van der Waals surface area contributed by atoms with Gasteiger partial charge >= 0.3 is 0 Å². The van der Waals surface area contributed by atoms with Crippen molar-refractivity contribution in [1.82, 2.24) is 15.6 Å². The predicted molar refractivity (Wildman–Crippen MR) is 119 cm³/mol. The smallest absolute Gasteiger partial charge is 0.252 e. The molecule has 0 radical (unpaired) electrons. The van der Waals surface area contributed by atoms with Crippen LogP contribution in [0.2, 0.25) is 0 Å². The molecule has 2 amide bonds. The number of aromatic nitrogens is 1. The third-order valence-electron chi connectivity index (χ3n) is 5.25. The van der Waals surface area contributed by atoms with Crippen molar-refractivity contribution in [3.63, 3.8) is 0 Å². The average Bonchev–Trinajstić information content (AvgIpc) is 3.63. The second kappa shape index (κ2) is 9.43. The molecule has 1 aromatic heterocycles. The zero-order chi connectivity index (χ0) is 21.6. The fourth-order valence-corrected chi connectivity index (χ4v) is 3.25. The normalized spacial score (nSPS) is 12.8. The number of rotatable bonds is 8. The Morgan fingerprint density at radius 3 is 2.35 bits per heavy atom. The summed E-state index contributed by atoms with van der Waals surface area (Å²) in [5.74, 6) is 0.604. The summed E-state index contributed by atoms with van der Waals surface area (Å²) in [7, 11) is 1.64. The van der Waals surface area contributed by atoms with Gasteiger partial charge in [0.2, 0.25) is 0 Å². The number of benzene rings is 2. The molecule has 2 N–H and O–H groups in total. The summed E-state index contributed by atoms with van der Waals surface area (Å²) in [6.07, 6.45) is 6.12. The summed E-state index contributed by atoms with van der Waals surface area (Å²) >= 11 is 0. The molecule has 0 bridgehead atoms. The number of hydrogen-bond donors (Lipinski definition) is 2. The maximum absolute atomic E-state index is 12.5. The molecular formula is C25H25N3O3. The van der Waals surface area contributed by atoms with E-state index in [-0.39, 0.29) is 11.8 Å². The molecule has 0 unspecified atom stereocenters. The highest BCUT2D eigenvalue weighted by Gasteiger charge is 2.23. The lowest BCUT2D eigenvalue weighted by Gasteiger charge is -2.08. The van der Waals surface area contributed by atoms with Crippen LogP contribution < -0.4 is 15.4 Å². The van der Waals surface area contributed by atoms with Gasteiger partial charge in [-0.15, -0.1) is 0 Å². The fraction of sp³-hybridized carbons (Fsp3) is 0.240. The van der Waals surface area contributed by atoms with Crippen LogP contribution in [0.5, 0.6) is 5.75 Å². The molecule has 0 aliphatic heterocycles. The predicted octanol–water partition coefficient (Wildman–Crippen LogP) is 3.62. The van der Waals surface area contributed by atoms with Crippen LogP contribution in [0.3, 0.4) is 0 Å². The molecule has 1 aliphatic rings. The van der Waals surface area contributed by atoms with E-state index in [4.69, 9.17) is 4.74 Å². The fourth-order valence-electron chi connectivity index (χ4n) is 3.25. The summed E-state index contributed by atoms with van der Waals surface area (Å²) in [6, 6.07) is 17.3. The standard InChI is InChI=1S/C25H25N3O3/c1-31-23-10-2-17(3-11-23)12-13-27-24(29)21-14-20(15-26-16-21)18-4-6-19(7-5-18)25(30)28-22-8-9-22/h2-7,10-11,14-16,22H,8-9,12-13H2,1H3,(H,27,29)(H,28,30). The van der Waals surface area contributed by atoms with Crippen molar-refractivity contribution in [2.24, 2.45) is 0 Å². The maximum Gasteiger partial charge on any atom is 0.252 e. The molecule has 1 saturated carbocycles. The minimum absolute atomic E-state index is 0.0443. The van der Waals surface area contributed by atoms with E-state index >= 15 is 0 Å². The first-order valence-corrected chi connectivity index (χ1v) is 10.4. The number of methoxy groups -OCH3 is 1. The molecule has 0 atom stereocenters. The second-order valence-electron chi connectivity index (χ2n) is 7.64. The van der Waals surface area contributed by atoms with Gasteiger partial charge in [0.25, 0.3) is 11.8 Å². The number of carbonyl (C=O) groups excluding carboxylic acids is 2. The Bertz CT molecular complexity index is 1060. The van der Waals surface area contributed by atoms with E-state index in [1.54, 1.807) is 31.6 Å². The van der Waals surface area contributed by atoms with Crippen LogP contribution in [0.25, 0.3) is 11.1 Å². The van der Waals surface area contributed by atoms with Crippen LogP contribution in [0.15, 0.2) is 67.0 Å². The van der Waals surface area contributed by atoms with Gasteiger partial charge in [-0.05, 0) is 60.7 Å². The summed E-state index contributed by atoms with van der Waals surface area (Å²) in [4.78, 5) is 28.9. The van der Waals surface area contributed by atoms with E-state index in [1.807, 2.05) is 42.5 Å². The highest BCUT2D eigenvalue weighted by atomic mass is 16.5. The summed E-state index contributed by atoms with van der Waals surface area (Å²) in [5, 5.41) is 5.92. The number of nitrogens with one attached hydrogen (secondary N) is 2. The van der Waals surface area contributed by atoms with E-state index in [9.17, 15) is 9.59 Å². The van der Waals surface area contributed by atoms with Crippen molar-refractivity contribution in [2.75, 3.05) is 13.7 Å². The lowest BCUT2D eigenvalue weighted by Crippen LogP contribution is -2.25. The lowest BCUT2D eigenvalue weighted by atomic mass is 10.0. The van der Waals surface area contributed by atoms with Crippen LogP contribution in [0, 0.1) is 0 Å². The summed E-state index contributed by atoms with van der Waals surface area (Å²) < 4.78 is 5.16. The average molecular weight is 415 g/mol. The highest BCUT2D eigenvalue weighted by molar-refractivity contribution is 5.96. The SMILES string of the molecule is COc1ccc(CCNC(=O)c2cncc(-c3ccc(C(=O)NC4CC4)cc3)c2)cc1. The molecule has 6 heteroatoms. The minimum Gasteiger partial charge on any atom is -0.497 e. The molecule has 158 valence electrons. The third-order valence-corrected chi connectivity index (χ3v) is 5.25. The van der Waals surface area contributed by atoms with Gasteiger partial charge in [-0.1, -0.05) is 24.3 Å². The summed E-state index contributed by atoms with van der Waals surface area (Å²) in [6.45, 7) is 0.528. The Kier molecular flexibility index (Phi) is 6.26. The Labute approximate surface area is 181 Å². The Morgan fingerprint density at radius 2 is 1.68 bits per heavy atom. The molecule has 31 heavy (non-hydrogen) atoms. The van der Waals surface area contributed by atoms with Gasteiger partial charge in [-0.2, -0.15) is 0 Å². The largest absolute Gasteiger partial charge is 0.497 e. The molecule has 2 aromatic carbocycles. The van der Waals surface area contributed by atoms with Crippen molar-refractivity contribution in [1.29, 1.82) is 0 Å². The molecule has 1 aliphatic carbocycles. The topological polar surface area (TPSA) is 80.3 Å². The number of carbonyl (C=O) groups is 2. The van der Waals surface area contributed by atoms with Crippen molar-refractivity contribution in [3.05, 3.63) is 83.7 Å². The van der Waals surface area contributed by atoms with Gasteiger partial charge in [0, 0.05) is 36.1 Å². The Hall–Kier alpha value is -3.67. The van der Waals surface area contributed by atoms with E-state index in [0.29, 0.717) is 23.7 Å². The summed E-state index contributed by atoms with van der Waals surface area (Å²) in [5.41, 5.74) is 4.00. The van der Waals surface area contributed by atoms with Gasteiger partial charge in [0.1, 0.15) is 5.75 Å². The first-order valence-electron chi connectivity index (χ1n) is 10.4. The number of amides is 2. The van der Waals surface area contributed by atoms with Crippen molar-refractivity contribution < 1.29 is 14.3 Å². The quantitative estimate of drug-likeness (QED) is 0.589. The monoisotopic (exact) mass is 415 g/mol. The van der Waals surface area contributed by atoms with Crippen LogP contribution in [-0.2, 0) is 6.42 Å². The minimum atomic E-state index is -0.164. The van der Waals surface area contributed by atoms with Gasteiger partial charge in [-0.25, -0.2) is 0 Å². The van der Waals surface area contributed by atoms with E-state index in [0.717, 1.165) is 41.7 Å². The van der Waals surface area contributed by atoms with Crippen LogP contribution in [-0.4, -0.2) is 36.5 Å². The van der Waals surface area contributed by atoms with Crippen molar-refractivity contribution in [3.8, 4) is 16.9 Å². The number of ether oxygens (including phenoxy) is 1. The molecule has 0 saturated heterocycles. The zero-order valence-corrected chi connectivity index (χ0v) is 17.4. The molecular weight excluding hydrogens is 390 g/mol.